The zero-order chi connectivity index (χ0) is 16.7. The SMILES string of the molecule is C=CC[N@+]1(C)CC[C@]23c4c5ccc(O)c4OC2[C@H](O)C=C[C@@H]3[C@H]1C5. The fourth-order valence-corrected chi connectivity index (χ4v) is 6.02. The minimum atomic E-state index is -0.615. The number of nitrogens with zero attached hydrogens (tertiary/aromatic N) is 1. The van der Waals surface area contributed by atoms with Gasteiger partial charge in [-0.1, -0.05) is 24.8 Å². The van der Waals surface area contributed by atoms with Gasteiger partial charge in [0.25, 0.3) is 0 Å². The van der Waals surface area contributed by atoms with E-state index < -0.39 is 6.10 Å². The highest BCUT2D eigenvalue weighted by Gasteiger charge is 2.67. The van der Waals surface area contributed by atoms with Crippen LogP contribution in [0, 0.1) is 5.92 Å². The number of aliphatic hydroxyl groups is 1. The lowest BCUT2D eigenvalue weighted by atomic mass is 9.52. The van der Waals surface area contributed by atoms with Crippen molar-refractivity contribution in [3.8, 4) is 11.5 Å². The Labute approximate surface area is 142 Å². The summed E-state index contributed by atoms with van der Waals surface area (Å²) in [5, 5.41) is 20.9. The average Bonchev–Trinajstić information content (AvgIpc) is 2.91. The van der Waals surface area contributed by atoms with Crippen molar-refractivity contribution in [2.75, 3.05) is 20.1 Å². The second-order valence-corrected chi connectivity index (χ2v) is 8.12. The number of benzene rings is 1. The molecule has 1 unspecified atom stereocenters. The van der Waals surface area contributed by atoms with Gasteiger partial charge in [0.1, 0.15) is 18.2 Å². The zero-order valence-corrected chi connectivity index (χ0v) is 14.0. The van der Waals surface area contributed by atoms with Crippen molar-refractivity contribution in [3.63, 3.8) is 0 Å². The highest BCUT2D eigenvalue weighted by Crippen LogP contribution is 2.63. The quantitative estimate of drug-likeness (QED) is 0.645. The van der Waals surface area contributed by atoms with Crippen molar-refractivity contribution in [1.82, 2.24) is 0 Å². The molecule has 2 heterocycles. The van der Waals surface area contributed by atoms with E-state index in [9.17, 15) is 10.2 Å². The minimum Gasteiger partial charge on any atom is -0.504 e. The number of likely N-dealkylation sites (N-methyl/N-ethyl adjacent to an activating group) is 1. The average molecular weight is 326 g/mol. The van der Waals surface area contributed by atoms with Gasteiger partial charge in [-0.25, -0.2) is 0 Å². The number of rotatable bonds is 2. The van der Waals surface area contributed by atoms with Gasteiger partial charge in [0, 0.05) is 24.3 Å². The fourth-order valence-electron chi connectivity index (χ4n) is 6.02. The lowest BCUT2D eigenvalue weighted by Gasteiger charge is -2.59. The van der Waals surface area contributed by atoms with Gasteiger partial charge < -0.3 is 19.4 Å². The standard InChI is InChI=1S/C20H23NO3/c1-3-9-21(2)10-8-20-13-5-7-16(23)19(20)24-18-15(22)6-4-12(17(18)20)11-14(13)21/h3-7,13-14,16,19,23H,1,8-11H2,2H3/p+1/t13-,14-,16-,19?,20+,21-/m1/s1. The summed E-state index contributed by atoms with van der Waals surface area (Å²) in [4.78, 5) is 0. The molecule has 0 radical (unpaired) electrons. The monoisotopic (exact) mass is 326 g/mol. The highest BCUT2D eigenvalue weighted by atomic mass is 16.5. The molecule has 4 aliphatic rings. The van der Waals surface area contributed by atoms with Crippen molar-refractivity contribution in [3.05, 3.63) is 48.1 Å². The Bertz CT molecular complexity index is 772. The first-order chi connectivity index (χ1) is 11.5. The Balaban J connectivity index is 1.78. The molecule has 1 spiro atoms. The molecule has 2 aliphatic carbocycles. The third-order valence-corrected chi connectivity index (χ3v) is 7.09. The number of quaternary nitrogens is 1. The van der Waals surface area contributed by atoms with E-state index in [2.05, 4.69) is 25.8 Å². The van der Waals surface area contributed by atoms with Crippen molar-refractivity contribution < 1.29 is 19.4 Å². The summed E-state index contributed by atoms with van der Waals surface area (Å²) in [6, 6.07) is 4.25. The molecule has 1 saturated heterocycles. The van der Waals surface area contributed by atoms with E-state index in [1.807, 2.05) is 12.2 Å². The molecule has 24 heavy (non-hydrogen) atoms. The molecule has 1 aromatic rings. The van der Waals surface area contributed by atoms with Crippen LogP contribution in [0.4, 0.5) is 0 Å². The van der Waals surface area contributed by atoms with Crippen LogP contribution in [0.2, 0.25) is 0 Å². The summed E-state index contributed by atoms with van der Waals surface area (Å²) in [5.41, 5.74) is 2.25. The smallest absolute Gasteiger partial charge is 0.165 e. The number of piperidine rings is 1. The maximum atomic E-state index is 10.6. The predicted molar refractivity (Wildman–Crippen MR) is 91.1 cm³/mol. The molecule has 1 fully saturated rings. The zero-order valence-electron chi connectivity index (χ0n) is 14.0. The van der Waals surface area contributed by atoms with Gasteiger partial charge in [0.2, 0.25) is 0 Å². The topological polar surface area (TPSA) is 49.7 Å². The maximum absolute atomic E-state index is 10.6. The Morgan fingerprint density at radius 3 is 3.04 bits per heavy atom. The number of phenolic OH excluding ortho intramolecular Hbond substituents is 1. The summed E-state index contributed by atoms with van der Waals surface area (Å²) in [5.74, 6) is 1.15. The lowest BCUT2D eigenvalue weighted by molar-refractivity contribution is -0.938. The number of hydrogen-bond acceptors (Lipinski definition) is 3. The molecule has 4 nitrogen and oxygen atoms in total. The maximum Gasteiger partial charge on any atom is 0.165 e. The van der Waals surface area contributed by atoms with Gasteiger partial charge in [0.05, 0.1) is 25.6 Å². The van der Waals surface area contributed by atoms with Crippen LogP contribution in [0.5, 0.6) is 11.5 Å². The molecule has 0 aromatic heterocycles. The number of likely N-dealkylation sites (tertiary alicyclic amines) is 1. The number of aliphatic hydroxyl groups excluding tert-OH is 1. The summed E-state index contributed by atoms with van der Waals surface area (Å²) in [6.07, 6.45) is 7.20. The third-order valence-electron chi connectivity index (χ3n) is 7.09. The number of hydrogen-bond donors (Lipinski definition) is 2. The van der Waals surface area contributed by atoms with Crippen LogP contribution < -0.4 is 4.74 Å². The minimum absolute atomic E-state index is 0.195. The number of phenols is 1. The van der Waals surface area contributed by atoms with Crippen molar-refractivity contribution in [2.24, 2.45) is 5.92 Å². The normalized spacial score (nSPS) is 43.9. The molecular weight excluding hydrogens is 302 g/mol. The molecule has 2 bridgehead atoms. The lowest BCUT2D eigenvalue weighted by Crippen LogP contribution is -2.71. The molecule has 4 heteroatoms. The summed E-state index contributed by atoms with van der Waals surface area (Å²) >= 11 is 0. The molecule has 2 N–H and O–H groups in total. The van der Waals surface area contributed by atoms with Gasteiger partial charge in [-0.05, 0) is 17.7 Å². The van der Waals surface area contributed by atoms with E-state index in [0.717, 1.165) is 30.4 Å². The molecule has 1 aromatic carbocycles. The number of ether oxygens (including phenoxy) is 1. The van der Waals surface area contributed by atoms with Gasteiger partial charge in [-0.15, -0.1) is 0 Å². The van der Waals surface area contributed by atoms with Crippen LogP contribution in [-0.2, 0) is 11.8 Å². The molecule has 5 rings (SSSR count). The first-order valence-electron chi connectivity index (χ1n) is 8.85. The predicted octanol–water partition coefficient (Wildman–Crippen LogP) is 1.90. The number of aromatic hydroxyl groups is 1. The Morgan fingerprint density at radius 1 is 1.42 bits per heavy atom. The van der Waals surface area contributed by atoms with Crippen LogP contribution in [0.15, 0.2) is 36.9 Å². The van der Waals surface area contributed by atoms with Crippen LogP contribution >= 0.6 is 0 Å². The van der Waals surface area contributed by atoms with Gasteiger partial charge >= 0.3 is 0 Å². The second-order valence-electron chi connectivity index (χ2n) is 8.12. The summed E-state index contributed by atoms with van der Waals surface area (Å²) in [6.45, 7) is 5.97. The highest BCUT2D eigenvalue weighted by molar-refractivity contribution is 5.61. The Hall–Kier alpha value is -1.78. The van der Waals surface area contributed by atoms with E-state index in [0.29, 0.717) is 17.7 Å². The first kappa shape index (κ1) is 14.6. The van der Waals surface area contributed by atoms with E-state index in [1.54, 1.807) is 6.07 Å². The van der Waals surface area contributed by atoms with Crippen LogP contribution in [0.1, 0.15) is 17.5 Å². The van der Waals surface area contributed by atoms with Crippen molar-refractivity contribution >= 4 is 0 Å². The largest absolute Gasteiger partial charge is 0.504 e. The molecule has 0 amide bonds. The summed E-state index contributed by atoms with van der Waals surface area (Å²) in [7, 11) is 2.33. The van der Waals surface area contributed by atoms with Gasteiger partial charge in [-0.2, -0.15) is 0 Å². The Morgan fingerprint density at radius 2 is 2.25 bits per heavy atom. The molecule has 2 aliphatic heterocycles. The molecule has 0 saturated carbocycles. The van der Waals surface area contributed by atoms with Gasteiger partial charge in [-0.3, -0.25) is 0 Å². The second kappa shape index (κ2) is 4.44. The van der Waals surface area contributed by atoms with E-state index in [1.165, 1.54) is 11.1 Å². The van der Waals surface area contributed by atoms with Crippen molar-refractivity contribution in [1.29, 1.82) is 0 Å². The van der Waals surface area contributed by atoms with Gasteiger partial charge in [0.15, 0.2) is 11.5 Å². The van der Waals surface area contributed by atoms with Crippen LogP contribution in [0.25, 0.3) is 0 Å². The molecular formula is C20H24NO3+. The Kier molecular flexibility index (Phi) is 2.69. The van der Waals surface area contributed by atoms with Crippen molar-refractivity contribution in [2.45, 2.75) is 36.5 Å². The van der Waals surface area contributed by atoms with E-state index in [4.69, 9.17) is 4.74 Å². The van der Waals surface area contributed by atoms with Crippen LogP contribution in [0.3, 0.4) is 0 Å². The van der Waals surface area contributed by atoms with E-state index >= 15 is 0 Å². The van der Waals surface area contributed by atoms with E-state index in [-0.39, 0.29) is 17.3 Å². The fraction of sp³-hybridized carbons (Fsp3) is 0.500. The third kappa shape index (κ3) is 1.47. The van der Waals surface area contributed by atoms with Crippen LogP contribution in [-0.4, -0.2) is 53.1 Å². The first-order valence-corrected chi connectivity index (χ1v) is 8.85. The molecule has 6 atom stereocenters. The summed E-state index contributed by atoms with van der Waals surface area (Å²) < 4.78 is 7.16. The molecule has 126 valence electrons.